The Hall–Kier alpha value is -1.81. The Labute approximate surface area is 129 Å². The molecule has 22 heavy (non-hydrogen) atoms. The summed E-state index contributed by atoms with van der Waals surface area (Å²) >= 11 is 0. The van der Waals surface area contributed by atoms with Gasteiger partial charge in [-0.05, 0) is 42.7 Å². The molecule has 1 aromatic carbocycles. The number of ether oxygens (including phenoxy) is 1. The van der Waals surface area contributed by atoms with Gasteiger partial charge in [0.15, 0.2) is 0 Å². The van der Waals surface area contributed by atoms with Crippen molar-refractivity contribution in [3.8, 4) is 0 Å². The first-order valence-corrected chi connectivity index (χ1v) is 8.07. The number of nitrogens with zero attached hydrogens (tertiary/aromatic N) is 1. The third kappa shape index (κ3) is 1.26. The van der Waals surface area contributed by atoms with E-state index in [0.29, 0.717) is 0 Å². The fourth-order valence-corrected chi connectivity index (χ4v) is 5.06. The lowest BCUT2D eigenvalue weighted by Crippen LogP contribution is -2.61. The van der Waals surface area contributed by atoms with Crippen LogP contribution < -0.4 is 5.32 Å². The maximum atomic E-state index is 13.9. The highest BCUT2D eigenvalue weighted by Crippen LogP contribution is 2.59. The number of hydrogen-bond acceptors (Lipinski definition) is 3. The van der Waals surface area contributed by atoms with Gasteiger partial charge in [0.1, 0.15) is 17.7 Å². The zero-order valence-electron chi connectivity index (χ0n) is 12.6. The van der Waals surface area contributed by atoms with Gasteiger partial charge < -0.3 is 10.1 Å². The Morgan fingerprint density at radius 2 is 2.36 bits per heavy atom. The minimum Gasteiger partial charge on any atom is -0.487 e. The molecule has 0 bridgehead atoms. The van der Waals surface area contributed by atoms with E-state index < -0.39 is 0 Å². The number of fused-ring (bicyclic) bond motifs is 1. The summed E-state index contributed by atoms with van der Waals surface area (Å²) in [5.74, 6) is -0.158. The van der Waals surface area contributed by atoms with Crippen LogP contribution in [0.2, 0.25) is 0 Å². The summed E-state index contributed by atoms with van der Waals surface area (Å²) in [6.07, 6.45) is 8.26. The van der Waals surface area contributed by atoms with Crippen molar-refractivity contribution in [2.45, 2.75) is 36.8 Å². The van der Waals surface area contributed by atoms with E-state index in [1.54, 1.807) is 6.07 Å². The van der Waals surface area contributed by atoms with Crippen LogP contribution in [0.3, 0.4) is 0 Å². The first kappa shape index (κ1) is 12.7. The molecule has 4 aliphatic rings. The van der Waals surface area contributed by atoms with Crippen molar-refractivity contribution in [3.63, 3.8) is 0 Å². The van der Waals surface area contributed by atoms with Crippen molar-refractivity contribution in [1.29, 1.82) is 0 Å². The molecule has 4 heteroatoms. The lowest BCUT2D eigenvalue weighted by Gasteiger charge is -2.51. The average molecular weight is 298 g/mol. The third-order valence-corrected chi connectivity index (χ3v) is 5.99. The molecule has 4 heterocycles. The summed E-state index contributed by atoms with van der Waals surface area (Å²) < 4.78 is 20.2. The Balaban J connectivity index is 1.79. The fourth-order valence-electron chi connectivity index (χ4n) is 5.06. The van der Waals surface area contributed by atoms with Gasteiger partial charge in [-0.15, -0.1) is 0 Å². The van der Waals surface area contributed by atoms with Crippen LogP contribution in [-0.2, 0) is 10.2 Å². The van der Waals surface area contributed by atoms with E-state index in [0.717, 1.165) is 42.9 Å². The van der Waals surface area contributed by atoms with Crippen LogP contribution in [0.15, 0.2) is 42.3 Å². The summed E-state index contributed by atoms with van der Waals surface area (Å²) in [5.41, 5.74) is 2.77. The highest BCUT2D eigenvalue weighted by atomic mass is 19.1. The van der Waals surface area contributed by atoms with Crippen molar-refractivity contribution in [2.75, 3.05) is 18.4 Å². The number of rotatable bonds is 1. The van der Waals surface area contributed by atoms with Gasteiger partial charge in [-0.3, -0.25) is 4.90 Å². The van der Waals surface area contributed by atoms with E-state index >= 15 is 0 Å². The predicted molar refractivity (Wildman–Crippen MR) is 83.0 cm³/mol. The molecule has 3 nitrogen and oxygen atoms in total. The highest BCUT2D eigenvalue weighted by molar-refractivity contribution is 5.71. The van der Waals surface area contributed by atoms with E-state index in [2.05, 4.69) is 29.3 Å². The van der Waals surface area contributed by atoms with Gasteiger partial charge >= 0.3 is 0 Å². The molecule has 114 valence electrons. The molecule has 1 N–H and O–H groups in total. The van der Waals surface area contributed by atoms with Gasteiger partial charge in [0, 0.05) is 18.8 Å². The van der Waals surface area contributed by atoms with Crippen LogP contribution in [0.25, 0.3) is 0 Å². The van der Waals surface area contributed by atoms with Crippen molar-refractivity contribution in [2.24, 2.45) is 0 Å². The summed E-state index contributed by atoms with van der Waals surface area (Å²) in [6, 6.07) is 5.34. The van der Waals surface area contributed by atoms with E-state index in [9.17, 15) is 4.39 Å². The van der Waals surface area contributed by atoms with E-state index in [1.165, 1.54) is 6.07 Å². The second kappa shape index (κ2) is 3.93. The second-order valence-corrected chi connectivity index (χ2v) is 6.79. The molecular weight excluding hydrogens is 279 g/mol. The number of nitrogens with one attached hydrogen (secondary N) is 1. The van der Waals surface area contributed by atoms with Crippen LogP contribution in [-0.4, -0.2) is 29.6 Å². The molecule has 0 unspecified atom stereocenters. The number of anilines is 1. The normalized spacial score (nSPS) is 37.7. The molecule has 0 aromatic heterocycles. The maximum absolute atomic E-state index is 13.9. The molecule has 0 saturated carbocycles. The molecule has 4 aliphatic heterocycles. The van der Waals surface area contributed by atoms with Crippen LogP contribution in [0.4, 0.5) is 10.1 Å². The summed E-state index contributed by atoms with van der Waals surface area (Å²) in [6.45, 7) is 4.15. The number of hydrogen-bond donors (Lipinski definition) is 1. The Bertz CT molecular complexity index is 728. The van der Waals surface area contributed by atoms with E-state index in [4.69, 9.17) is 4.74 Å². The quantitative estimate of drug-likeness (QED) is 0.806. The van der Waals surface area contributed by atoms with Crippen LogP contribution in [0.5, 0.6) is 0 Å². The zero-order chi connectivity index (χ0) is 14.9. The first-order valence-electron chi connectivity index (χ1n) is 8.07. The molecule has 1 fully saturated rings. The summed E-state index contributed by atoms with van der Waals surface area (Å²) in [5, 5.41) is 3.48. The van der Waals surface area contributed by atoms with Gasteiger partial charge in [0.25, 0.3) is 0 Å². The topological polar surface area (TPSA) is 24.5 Å². The molecule has 5 rings (SSSR count). The van der Waals surface area contributed by atoms with Crippen LogP contribution in [0, 0.1) is 5.82 Å². The van der Waals surface area contributed by atoms with Crippen LogP contribution >= 0.6 is 0 Å². The van der Waals surface area contributed by atoms with Crippen LogP contribution in [0.1, 0.15) is 25.3 Å². The molecule has 1 spiro atoms. The minimum atomic E-state index is -0.298. The smallest absolute Gasteiger partial charge is 0.143 e. The first-order chi connectivity index (χ1) is 10.7. The predicted octanol–water partition coefficient (Wildman–Crippen LogP) is 3.15. The lowest BCUT2D eigenvalue weighted by molar-refractivity contribution is -0.0458. The van der Waals surface area contributed by atoms with Gasteiger partial charge in [-0.1, -0.05) is 13.0 Å². The molecule has 0 aliphatic carbocycles. The van der Waals surface area contributed by atoms with Crippen molar-refractivity contribution in [3.05, 3.63) is 53.7 Å². The molecular formula is C18H19FN2O. The third-order valence-electron chi connectivity index (χ3n) is 5.99. The van der Waals surface area contributed by atoms with E-state index in [-0.39, 0.29) is 22.9 Å². The zero-order valence-corrected chi connectivity index (χ0v) is 12.6. The fraction of sp³-hybridized carbons (Fsp3) is 0.444. The molecule has 3 atom stereocenters. The summed E-state index contributed by atoms with van der Waals surface area (Å²) in [7, 11) is 0. The van der Waals surface area contributed by atoms with Gasteiger partial charge in [-0.25, -0.2) is 4.39 Å². The SMILES string of the molecule is CC[C@]12C=CCN3CC[C@]4(C(=CO1)Nc1ccc(F)cc14)[C@@H]32. The van der Waals surface area contributed by atoms with Gasteiger partial charge in [-0.2, -0.15) is 0 Å². The average Bonchev–Trinajstić information content (AvgIpc) is 3.08. The maximum Gasteiger partial charge on any atom is 0.143 e. The van der Waals surface area contributed by atoms with E-state index in [1.807, 2.05) is 12.3 Å². The van der Waals surface area contributed by atoms with Gasteiger partial charge in [0.05, 0.1) is 17.2 Å². The van der Waals surface area contributed by atoms with Gasteiger partial charge in [0.2, 0.25) is 0 Å². The Morgan fingerprint density at radius 3 is 3.23 bits per heavy atom. The lowest BCUT2D eigenvalue weighted by atomic mass is 9.65. The molecule has 1 aromatic rings. The van der Waals surface area contributed by atoms with Crippen molar-refractivity contribution < 1.29 is 9.13 Å². The largest absolute Gasteiger partial charge is 0.487 e. The minimum absolute atomic E-state index is 0.156. The Morgan fingerprint density at radius 1 is 1.45 bits per heavy atom. The molecule has 0 radical (unpaired) electrons. The number of halogens is 1. The van der Waals surface area contributed by atoms with Crippen molar-refractivity contribution >= 4 is 5.69 Å². The second-order valence-electron chi connectivity index (χ2n) is 6.79. The monoisotopic (exact) mass is 298 g/mol. The highest BCUT2D eigenvalue weighted by Gasteiger charge is 2.64. The molecule has 1 saturated heterocycles. The molecule has 0 amide bonds. The summed E-state index contributed by atoms with van der Waals surface area (Å²) in [4.78, 5) is 2.50. The standard InChI is InChI=1S/C18H19FN2O/c1-2-17-6-3-8-21-9-7-18(16(17)21)13-10-12(19)4-5-14(13)20-15(18)11-22-17/h3-6,10-11,16,20H,2,7-9H2,1H3/t16-,17+,18-/m0/s1. The number of benzene rings is 1. The Kier molecular flexibility index (Phi) is 2.27. The van der Waals surface area contributed by atoms with Crippen molar-refractivity contribution in [1.82, 2.24) is 4.90 Å².